The van der Waals surface area contributed by atoms with Crippen LogP contribution in [0.15, 0.2) is 18.2 Å². The largest absolute Gasteiger partial charge is 0.350 e. The Labute approximate surface area is 146 Å². The fraction of sp³-hybridized carbons (Fsp3) is 0.500. The number of fused-ring (bicyclic) bond motifs is 1. The summed E-state index contributed by atoms with van der Waals surface area (Å²) in [5, 5.41) is 8.83. The van der Waals surface area contributed by atoms with Crippen LogP contribution in [-0.2, 0) is 29.2 Å². The van der Waals surface area contributed by atoms with Crippen LogP contribution in [0.5, 0.6) is 0 Å². The predicted octanol–water partition coefficient (Wildman–Crippen LogP) is 0.626. The first-order valence-corrected chi connectivity index (χ1v) is 8.69. The van der Waals surface area contributed by atoms with E-state index in [1.807, 2.05) is 6.07 Å². The van der Waals surface area contributed by atoms with Crippen molar-refractivity contribution >= 4 is 17.8 Å². The second-order valence-corrected chi connectivity index (χ2v) is 7.28. The molecule has 1 saturated heterocycles. The molecule has 132 valence electrons. The van der Waals surface area contributed by atoms with Crippen molar-refractivity contribution in [1.82, 2.24) is 20.9 Å². The SMILES string of the molecule is CC1(C2CC2)NC(=O)N(CC(=O)NCc2ccc3c(c2)CNC3)C1=O. The van der Waals surface area contributed by atoms with E-state index in [1.54, 1.807) is 6.92 Å². The molecule has 1 aromatic carbocycles. The first kappa shape index (κ1) is 16.1. The highest BCUT2D eigenvalue weighted by Crippen LogP contribution is 2.42. The number of nitrogens with one attached hydrogen (secondary N) is 3. The van der Waals surface area contributed by atoms with E-state index in [0.717, 1.165) is 36.4 Å². The molecule has 1 atom stereocenters. The van der Waals surface area contributed by atoms with Gasteiger partial charge in [0, 0.05) is 19.6 Å². The lowest BCUT2D eigenvalue weighted by Gasteiger charge is -2.20. The Morgan fingerprint density at radius 1 is 1.28 bits per heavy atom. The average Bonchev–Trinajstić information content (AvgIpc) is 3.31. The highest BCUT2D eigenvalue weighted by Gasteiger charge is 2.56. The summed E-state index contributed by atoms with van der Waals surface area (Å²) < 4.78 is 0. The van der Waals surface area contributed by atoms with Gasteiger partial charge in [-0.15, -0.1) is 0 Å². The standard InChI is InChI=1S/C18H22N4O3/c1-18(14-4-5-14)16(24)22(17(25)21-18)10-15(23)20-7-11-2-3-12-8-19-9-13(12)6-11/h2-3,6,14,19H,4-5,7-10H2,1H3,(H,20,23)(H,21,25). The Morgan fingerprint density at radius 2 is 2.04 bits per heavy atom. The van der Waals surface area contributed by atoms with Crippen molar-refractivity contribution in [2.75, 3.05) is 6.54 Å². The van der Waals surface area contributed by atoms with Gasteiger partial charge in [-0.2, -0.15) is 0 Å². The van der Waals surface area contributed by atoms with Crippen LogP contribution in [0.2, 0.25) is 0 Å². The molecule has 2 heterocycles. The molecule has 3 N–H and O–H groups in total. The molecule has 2 aliphatic heterocycles. The van der Waals surface area contributed by atoms with Gasteiger partial charge in [0.25, 0.3) is 5.91 Å². The molecule has 1 aliphatic carbocycles. The number of hydrogen-bond acceptors (Lipinski definition) is 4. The minimum Gasteiger partial charge on any atom is -0.350 e. The number of imide groups is 1. The molecule has 1 aromatic rings. The summed E-state index contributed by atoms with van der Waals surface area (Å²) >= 11 is 0. The lowest BCUT2D eigenvalue weighted by molar-refractivity contribution is -0.135. The lowest BCUT2D eigenvalue weighted by atomic mass is 9.96. The van der Waals surface area contributed by atoms with Crippen molar-refractivity contribution in [2.24, 2.45) is 5.92 Å². The molecule has 2 fully saturated rings. The van der Waals surface area contributed by atoms with Crippen LogP contribution >= 0.6 is 0 Å². The summed E-state index contributed by atoms with van der Waals surface area (Å²) in [6.07, 6.45) is 1.88. The van der Waals surface area contributed by atoms with E-state index in [0.29, 0.717) is 6.54 Å². The summed E-state index contributed by atoms with van der Waals surface area (Å²) in [4.78, 5) is 37.8. The molecule has 25 heavy (non-hydrogen) atoms. The van der Waals surface area contributed by atoms with Gasteiger partial charge in [0.2, 0.25) is 5.91 Å². The zero-order chi connectivity index (χ0) is 17.6. The van der Waals surface area contributed by atoms with Gasteiger partial charge in [-0.05, 0) is 42.4 Å². The smallest absolute Gasteiger partial charge is 0.325 e. The molecule has 0 spiro atoms. The monoisotopic (exact) mass is 342 g/mol. The van der Waals surface area contributed by atoms with E-state index < -0.39 is 11.6 Å². The molecule has 4 rings (SSSR count). The molecule has 7 nitrogen and oxygen atoms in total. The summed E-state index contributed by atoms with van der Waals surface area (Å²) in [5.74, 6) is -0.432. The van der Waals surface area contributed by atoms with Crippen LogP contribution < -0.4 is 16.0 Å². The van der Waals surface area contributed by atoms with Crippen molar-refractivity contribution in [3.63, 3.8) is 0 Å². The number of urea groups is 1. The zero-order valence-electron chi connectivity index (χ0n) is 14.2. The summed E-state index contributed by atoms with van der Waals surface area (Å²) in [7, 11) is 0. The van der Waals surface area contributed by atoms with Crippen LogP contribution in [-0.4, -0.2) is 34.8 Å². The molecule has 7 heteroatoms. The van der Waals surface area contributed by atoms with Crippen molar-refractivity contribution < 1.29 is 14.4 Å². The number of carbonyl (C=O) groups excluding carboxylic acids is 3. The van der Waals surface area contributed by atoms with Crippen LogP contribution in [0.4, 0.5) is 4.79 Å². The molecule has 0 aromatic heterocycles. The van der Waals surface area contributed by atoms with E-state index in [9.17, 15) is 14.4 Å². The van der Waals surface area contributed by atoms with Gasteiger partial charge < -0.3 is 16.0 Å². The van der Waals surface area contributed by atoms with E-state index >= 15 is 0 Å². The highest BCUT2D eigenvalue weighted by molar-refractivity contribution is 6.09. The number of hydrogen-bond donors (Lipinski definition) is 3. The maximum absolute atomic E-state index is 12.5. The van der Waals surface area contributed by atoms with Gasteiger partial charge in [-0.25, -0.2) is 4.79 Å². The molecule has 1 unspecified atom stereocenters. The number of amides is 4. The van der Waals surface area contributed by atoms with Crippen molar-refractivity contribution in [3.05, 3.63) is 34.9 Å². The van der Waals surface area contributed by atoms with Crippen LogP contribution in [0, 0.1) is 5.92 Å². The molecular formula is C18H22N4O3. The average molecular weight is 342 g/mol. The first-order valence-electron chi connectivity index (χ1n) is 8.69. The third kappa shape index (κ3) is 2.89. The quantitative estimate of drug-likeness (QED) is 0.685. The van der Waals surface area contributed by atoms with E-state index in [2.05, 4.69) is 28.1 Å². The van der Waals surface area contributed by atoms with Gasteiger partial charge in [0.1, 0.15) is 12.1 Å². The second-order valence-electron chi connectivity index (χ2n) is 7.28. The van der Waals surface area contributed by atoms with Crippen molar-refractivity contribution in [1.29, 1.82) is 0 Å². The normalized spacial score (nSPS) is 25.1. The van der Waals surface area contributed by atoms with Gasteiger partial charge in [0.15, 0.2) is 0 Å². The Kier molecular flexibility index (Phi) is 3.76. The molecular weight excluding hydrogens is 320 g/mol. The molecule has 0 radical (unpaired) electrons. The Hall–Kier alpha value is -2.41. The van der Waals surface area contributed by atoms with Gasteiger partial charge in [-0.3, -0.25) is 14.5 Å². The van der Waals surface area contributed by atoms with E-state index in [1.165, 1.54) is 11.1 Å². The second kappa shape index (κ2) is 5.84. The molecule has 0 bridgehead atoms. The molecule has 1 saturated carbocycles. The van der Waals surface area contributed by atoms with Crippen LogP contribution in [0.3, 0.4) is 0 Å². The van der Waals surface area contributed by atoms with Crippen LogP contribution in [0.1, 0.15) is 36.5 Å². The van der Waals surface area contributed by atoms with E-state index in [4.69, 9.17) is 0 Å². The Balaban J connectivity index is 1.34. The maximum atomic E-state index is 12.5. The number of rotatable bonds is 5. The third-order valence-electron chi connectivity index (χ3n) is 5.39. The Bertz CT molecular complexity index is 759. The molecule has 3 aliphatic rings. The molecule has 4 amide bonds. The highest BCUT2D eigenvalue weighted by atomic mass is 16.2. The number of benzene rings is 1. The fourth-order valence-electron chi connectivity index (χ4n) is 3.65. The summed E-state index contributed by atoms with van der Waals surface area (Å²) in [5.41, 5.74) is 2.70. The summed E-state index contributed by atoms with van der Waals surface area (Å²) in [6.45, 7) is 3.63. The first-order chi connectivity index (χ1) is 12.0. The maximum Gasteiger partial charge on any atom is 0.325 e. The lowest BCUT2D eigenvalue weighted by Crippen LogP contribution is -2.46. The topological polar surface area (TPSA) is 90.5 Å². The fourth-order valence-corrected chi connectivity index (χ4v) is 3.65. The van der Waals surface area contributed by atoms with Crippen molar-refractivity contribution in [2.45, 2.75) is 44.9 Å². The third-order valence-corrected chi connectivity index (χ3v) is 5.39. The van der Waals surface area contributed by atoms with Crippen molar-refractivity contribution in [3.8, 4) is 0 Å². The Morgan fingerprint density at radius 3 is 2.80 bits per heavy atom. The van der Waals surface area contributed by atoms with Gasteiger partial charge in [-0.1, -0.05) is 18.2 Å². The van der Waals surface area contributed by atoms with Gasteiger partial charge in [0.05, 0.1) is 0 Å². The summed E-state index contributed by atoms with van der Waals surface area (Å²) in [6, 6.07) is 5.66. The number of carbonyl (C=O) groups is 3. The minimum atomic E-state index is -0.843. The minimum absolute atomic E-state index is 0.192. The van der Waals surface area contributed by atoms with Gasteiger partial charge >= 0.3 is 6.03 Å². The predicted molar refractivity (Wildman–Crippen MR) is 90.2 cm³/mol. The van der Waals surface area contributed by atoms with Crippen LogP contribution in [0.25, 0.3) is 0 Å². The van der Waals surface area contributed by atoms with E-state index in [-0.39, 0.29) is 24.3 Å². The number of nitrogens with zero attached hydrogens (tertiary/aromatic N) is 1. The zero-order valence-corrected chi connectivity index (χ0v) is 14.2.